The fourth-order valence-corrected chi connectivity index (χ4v) is 2.70. The molecule has 1 spiro atoms. The molecule has 1 saturated heterocycles. The average molecular weight is 182 g/mol. The molecule has 1 heterocycles. The van der Waals surface area contributed by atoms with Gasteiger partial charge in [0.1, 0.15) is 0 Å². The van der Waals surface area contributed by atoms with Gasteiger partial charge in [-0.15, -0.1) is 0 Å². The Balaban J connectivity index is 1.79. The standard InChI is InChI=1S/C10H18N2O/c1-7(2)8-3-10(4-8)5-12(6-10)9(11)13/h7-8H,3-6H2,1-2H3,(H2,11,13). The fraction of sp³-hybridized carbons (Fsp3) is 0.900. The van der Waals surface area contributed by atoms with Gasteiger partial charge in [0.25, 0.3) is 0 Å². The van der Waals surface area contributed by atoms with Crippen molar-refractivity contribution in [3.63, 3.8) is 0 Å². The summed E-state index contributed by atoms with van der Waals surface area (Å²) in [6.07, 6.45) is 2.60. The number of likely N-dealkylation sites (tertiary alicyclic amines) is 1. The molecule has 2 amide bonds. The number of urea groups is 1. The second-order valence-electron chi connectivity index (χ2n) is 5.11. The van der Waals surface area contributed by atoms with Gasteiger partial charge in [-0.25, -0.2) is 4.79 Å². The summed E-state index contributed by atoms with van der Waals surface area (Å²) in [5, 5.41) is 0. The number of nitrogens with zero attached hydrogens (tertiary/aromatic N) is 1. The quantitative estimate of drug-likeness (QED) is 0.655. The minimum Gasteiger partial charge on any atom is -0.351 e. The van der Waals surface area contributed by atoms with Crippen LogP contribution in [-0.2, 0) is 0 Å². The molecule has 2 aliphatic rings. The Morgan fingerprint density at radius 1 is 1.46 bits per heavy atom. The summed E-state index contributed by atoms with van der Waals surface area (Å²) in [4.78, 5) is 12.5. The number of hydrogen-bond donors (Lipinski definition) is 1. The van der Waals surface area contributed by atoms with Gasteiger partial charge in [0.15, 0.2) is 0 Å². The average Bonchev–Trinajstić information content (AvgIpc) is 1.78. The Morgan fingerprint density at radius 2 is 2.00 bits per heavy atom. The molecular weight excluding hydrogens is 164 g/mol. The van der Waals surface area contributed by atoms with Gasteiger partial charge in [0, 0.05) is 18.5 Å². The smallest absolute Gasteiger partial charge is 0.314 e. The van der Waals surface area contributed by atoms with E-state index in [1.807, 2.05) is 0 Å². The lowest BCUT2D eigenvalue weighted by molar-refractivity contribution is -0.0825. The Bertz CT molecular complexity index is 223. The molecule has 0 unspecified atom stereocenters. The zero-order valence-corrected chi connectivity index (χ0v) is 8.42. The summed E-state index contributed by atoms with van der Waals surface area (Å²) in [6, 6.07) is -0.251. The molecule has 0 atom stereocenters. The molecule has 0 radical (unpaired) electrons. The maximum atomic E-state index is 10.8. The monoisotopic (exact) mass is 182 g/mol. The third kappa shape index (κ3) is 1.30. The van der Waals surface area contributed by atoms with Crippen molar-refractivity contribution in [3.8, 4) is 0 Å². The summed E-state index contributed by atoms with van der Waals surface area (Å²) < 4.78 is 0. The molecule has 3 heteroatoms. The Morgan fingerprint density at radius 3 is 2.38 bits per heavy atom. The number of nitrogens with two attached hydrogens (primary N) is 1. The first kappa shape index (κ1) is 8.85. The molecule has 0 aromatic carbocycles. The Hall–Kier alpha value is -0.730. The van der Waals surface area contributed by atoms with Crippen molar-refractivity contribution in [1.82, 2.24) is 4.90 Å². The van der Waals surface area contributed by atoms with E-state index in [1.54, 1.807) is 4.90 Å². The molecular formula is C10H18N2O. The highest BCUT2D eigenvalue weighted by molar-refractivity contribution is 5.73. The number of carbonyl (C=O) groups is 1. The van der Waals surface area contributed by atoms with Gasteiger partial charge >= 0.3 is 6.03 Å². The number of carbonyl (C=O) groups excluding carboxylic acids is 1. The molecule has 0 aromatic rings. The lowest BCUT2D eigenvalue weighted by Crippen LogP contribution is -2.65. The minimum absolute atomic E-state index is 0.251. The van der Waals surface area contributed by atoms with Crippen LogP contribution in [0.5, 0.6) is 0 Å². The van der Waals surface area contributed by atoms with Crippen LogP contribution in [0.1, 0.15) is 26.7 Å². The summed E-state index contributed by atoms with van der Waals surface area (Å²) in [5.74, 6) is 1.68. The van der Waals surface area contributed by atoms with E-state index >= 15 is 0 Å². The van der Waals surface area contributed by atoms with Crippen molar-refractivity contribution in [3.05, 3.63) is 0 Å². The van der Waals surface area contributed by atoms with Crippen LogP contribution in [0.3, 0.4) is 0 Å². The van der Waals surface area contributed by atoms with Crippen LogP contribution in [0.4, 0.5) is 4.79 Å². The van der Waals surface area contributed by atoms with Gasteiger partial charge in [0.05, 0.1) is 0 Å². The lowest BCUT2D eigenvalue weighted by atomic mass is 9.55. The molecule has 1 aliphatic carbocycles. The lowest BCUT2D eigenvalue weighted by Gasteiger charge is -2.59. The van der Waals surface area contributed by atoms with E-state index in [4.69, 9.17) is 5.73 Å². The highest BCUT2D eigenvalue weighted by Crippen LogP contribution is 2.53. The number of primary amides is 1. The molecule has 0 aromatic heterocycles. The summed E-state index contributed by atoms with van der Waals surface area (Å²) in [6.45, 7) is 6.38. The topological polar surface area (TPSA) is 46.3 Å². The van der Waals surface area contributed by atoms with Crippen LogP contribution in [0, 0.1) is 17.3 Å². The first-order valence-corrected chi connectivity index (χ1v) is 5.07. The normalized spacial score (nSPS) is 25.9. The van der Waals surface area contributed by atoms with E-state index in [1.165, 1.54) is 12.8 Å². The molecule has 74 valence electrons. The maximum Gasteiger partial charge on any atom is 0.314 e. The van der Waals surface area contributed by atoms with Crippen LogP contribution >= 0.6 is 0 Å². The molecule has 1 saturated carbocycles. The summed E-state index contributed by atoms with van der Waals surface area (Å²) in [5.41, 5.74) is 5.66. The predicted octanol–water partition coefficient (Wildman–Crippen LogP) is 1.43. The Labute approximate surface area is 79.3 Å². The van der Waals surface area contributed by atoms with Crippen molar-refractivity contribution in [2.24, 2.45) is 23.0 Å². The molecule has 2 N–H and O–H groups in total. The third-order valence-corrected chi connectivity index (χ3v) is 3.70. The van der Waals surface area contributed by atoms with Gasteiger partial charge in [-0.2, -0.15) is 0 Å². The minimum atomic E-state index is -0.251. The van der Waals surface area contributed by atoms with E-state index in [0.717, 1.165) is 24.9 Å². The molecule has 13 heavy (non-hydrogen) atoms. The molecule has 2 rings (SSSR count). The van der Waals surface area contributed by atoms with Crippen molar-refractivity contribution >= 4 is 6.03 Å². The van der Waals surface area contributed by atoms with Gasteiger partial charge in [-0.3, -0.25) is 0 Å². The van der Waals surface area contributed by atoms with E-state index in [0.29, 0.717) is 5.41 Å². The predicted molar refractivity (Wildman–Crippen MR) is 51.2 cm³/mol. The highest BCUT2D eigenvalue weighted by Gasteiger charge is 2.53. The van der Waals surface area contributed by atoms with Crippen LogP contribution in [0.2, 0.25) is 0 Å². The van der Waals surface area contributed by atoms with Crippen LogP contribution in [0.15, 0.2) is 0 Å². The van der Waals surface area contributed by atoms with Crippen LogP contribution in [0.25, 0.3) is 0 Å². The van der Waals surface area contributed by atoms with Crippen molar-refractivity contribution in [2.75, 3.05) is 13.1 Å². The zero-order valence-electron chi connectivity index (χ0n) is 8.42. The van der Waals surface area contributed by atoms with Crippen molar-refractivity contribution in [1.29, 1.82) is 0 Å². The molecule has 3 nitrogen and oxygen atoms in total. The summed E-state index contributed by atoms with van der Waals surface area (Å²) in [7, 11) is 0. The first-order chi connectivity index (χ1) is 6.02. The first-order valence-electron chi connectivity index (χ1n) is 5.07. The van der Waals surface area contributed by atoms with Gasteiger partial charge in [0.2, 0.25) is 0 Å². The van der Waals surface area contributed by atoms with Crippen LogP contribution < -0.4 is 5.73 Å². The van der Waals surface area contributed by atoms with Crippen molar-refractivity contribution in [2.45, 2.75) is 26.7 Å². The second kappa shape index (κ2) is 2.63. The van der Waals surface area contributed by atoms with E-state index in [-0.39, 0.29) is 6.03 Å². The number of amides is 2. The Kier molecular flexibility index (Phi) is 1.79. The van der Waals surface area contributed by atoms with Crippen LogP contribution in [-0.4, -0.2) is 24.0 Å². The third-order valence-electron chi connectivity index (χ3n) is 3.70. The van der Waals surface area contributed by atoms with Gasteiger partial charge < -0.3 is 10.6 Å². The highest BCUT2D eigenvalue weighted by atomic mass is 16.2. The zero-order chi connectivity index (χ0) is 9.64. The molecule has 0 bridgehead atoms. The second-order valence-corrected chi connectivity index (χ2v) is 5.11. The van der Waals surface area contributed by atoms with E-state index in [2.05, 4.69) is 13.8 Å². The molecule has 1 aliphatic heterocycles. The number of hydrogen-bond acceptors (Lipinski definition) is 1. The van der Waals surface area contributed by atoms with Gasteiger partial charge in [-0.05, 0) is 24.7 Å². The number of rotatable bonds is 1. The summed E-state index contributed by atoms with van der Waals surface area (Å²) >= 11 is 0. The largest absolute Gasteiger partial charge is 0.351 e. The molecule has 2 fully saturated rings. The fourth-order valence-electron chi connectivity index (χ4n) is 2.70. The van der Waals surface area contributed by atoms with E-state index in [9.17, 15) is 4.79 Å². The van der Waals surface area contributed by atoms with Gasteiger partial charge in [-0.1, -0.05) is 13.8 Å². The van der Waals surface area contributed by atoms with Crippen molar-refractivity contribution < 1.29 is 4.79 Å². The van der Waals surface area contributed by atoms with E-state index < -0.39 is 0 Å². The SMILES string of the molecule is CC(C)C1CC2(C1)CN(C(N)=O)C2. The maximum absolute atomic E-state index is 10.8.